The SMILES string of the molecule is C=CCn1c2ccccc2n2nc(C)c(C(=O)C=Cc3ccc(Cl)c(Cl)c3)c12. The monoisotopic (exact) mass is 409 g/mol. The Morgan fingerprint density at radius 1 is 1.14 bits per heavy atom. The first-order valence-corrected chi connectivity index (χ1v) is 9.51. The molecule has 0 aliphatic rings. The zero-order chi connectivity index (χ0) is 19.8. The summed E-state index contributed by atoms with van der Waals surface area (Å²) in [4.78, 5) is 13.1. The number of halogens is 2. The first-order chi connectivity index (χ1) is 13.5. The predicted molar refractivity (Wildman–Crippen MR) is 115 cm³/mol. The van der Waals surface area contributed by atoms with Crippen LogP contribution < -0.4 is 0 Å². The number of nitrogens with zero attached hydrogens (tertiary/aromatic N) is 3. The topological polar surface area (TPSA) is 39.3 Å². The number of carbonyl (C=O) groups excluding carboxylic acids is 1. The molecule has 0 spiro atoms. The van der Waals surface area contributed by atoms with E-state index in [-0.39, 0.29) is 5.78 Å². The molecule has 28 heavy (non-hydrogen) atoms. The third-order valence-electron chi connectivity index (χ3n) is 4.62. The second-order valence-electron chi connectivity index (χ2n) is 6.45. The van der Waals surface area contributed by atoms with E-state index in [1.807, 2.05) is 47.8 Å². The van der Waals surface area contributed by atoms with Crippen LogP contribution in [-0.2, 0) is 6.54 Å². The number of aryl methyl sites for hydroxylation is 1. The lowest BCUT2D eigenvalue weighted by molar-refractivity contribution is 0.104. The number of allylic oxidation sites excluding steroid dienone is 2. The van der Waals surface area contributed by atoms with Crippen LogP contribution in [0.4, 0.5) is 0 Å². The first-order valence-electron chi connectivity index (χ1n) is 8.76. The summed E-state index contributed by atoms with van der Waals surface area (Å²) in [7, 11) is 0. The highest BCUT2D eigenvalue weighted by Gasteiger charge is 2.21. The summed E-state index contributed by atoms with van der Waals surface area (Å²) in [5.41, 5.74) is 4.79. The Kier molecular flexibility index (Phi) is 4.84. The number of para-hydroxylation sites is 2. The molecule has 4 rings (SSSR count). The van der Waals surface area contributed by atoms with Crippen LogP contribution in [0.1, 0.15) is 21.6 Å². The van der Waals surface area contributed by atoms with Crippen molar-refractivity contribution in [3.8, 4) is 0 Å². The van der Waals surface area contributed by atoms with Crippen LogP contribution in [0.25, 0.3) is 22.8 Å². The maximum atomic E-state index is 13.1. The summed E-state index contributed by atoms with van der Waals surface area (Å²) in [5.74, 6) is -0.119. The summed E-state index contributed by atoms with van der Waals surface area (Å²) in [6.07, 6.45) is 5.09. The minimum Gasteiger partial charge on any atom is -0.320 e. The quantitative estimate of drug-likeness (QED) is 0.230. The molecular weight excluding hydrogens is 393 g/mol. The van der Waals surface area contributed by atoms with Gasteiger partial charge >= 0.3 is 0 Å². The highest BCUT2D eigenvalue weighted by molar-refractivity contribution is 6.42. The fourth-order valence-electron chi connectivity index (χ4n) is 3.39. The lowest BCUT2D eigenvalue weighted by Crippen LogP contribution is -2.02. The molecule has 140 valence electrons. The number of ketones is 1. The highest BCUT2D eigenvalue weighted by atomic mass is 35.5. The summed E-state index contributed by atoms with van der Waals surface area (Å²) in [6.45, 7) is 6.28. The molecule has 2 heterocycles. The molecule has 2 aromatic carbocycles. The van der Waals surface area contributed by atoms with Crippen molar-refractivity contribution in [3.05, 3.63) is 88.1 Å². The number of hydrogen-bond acceptors (Lipinski definition) is 2. The van der Waals surface area contributed by atoms with Crippen molar-refractivity contribution in [1.82, 2.24) is 14.2 Å². The van der Waals surface area contributed by atoms with E-state index in [0.29, 0.717) is 27.8 Å². The summed E-state index contributed by atoms with van der Waals surface area (Å²) >= 11 is 12.0. The van der Waals surface area contributed by atoms with Crippen molar-refractivity contribution in [2.24, 2.45) is 0 Å². The number of rotatable bonds is 5. The molecule has 2 aromatic heterocycles. The van der Waals surface area contributed by atoms with Gasteiger partial charge in [0.15, 0.2) is 5.78 Å². The molecular formula is C22H17Cl2N3O. The van der Waals surface area contributed by atoms with Gasteiger partial charge in [0.1, 0.15) is 5.65 Å². The second kappa shape index (κ2) is 7.30. The average Bonchev–Trinajstić information content (AvgIpc) is 3.17. The molecule has 0 atom stereocenters. The molecule has 0 aliphatic heterocycles. The number of fused-ring (bicyclic) bond motifs is 3. The van der Waals surface area contributed by atoms with E-state index >= 15 is 0 Å². The third kappa shape index (κ3) is 3.05. The smallest absolute Gasteiger partial charge is 0.191 e. The number of hydrogen-bond donors (Lipinski definition) is 0. The summed E-state index contributed by atoms with van der Waals surface area (Å²) in [5, 5.41) is 5.54. The number of aromatic nitrogens is 3. The van der Waals surface area contributed by atoms with Crippen molar-refractivity contribution in [2.45, 2.75) is 13.5 Å². The first kappa shape index (κ1) is 18.5. The summed E-state index contributed by atoms with van der Waals surface area (Å²) in [6, 6.07) is 13.2. The van der Waals surface area contributed by atoms with Crippen molar-refractivity contribution in [3.63, 3.8) is 0 Å². The Morgan fingerprint density at radius 2 is 1.89 bits per heavy atom. The zero-order valence-corrected chi connectivity index (χ0v) is 16.7. The van der Waals surface area contributed by atoms with E-state index in [2.05, 4.69) is 16.2 Å². The van der Waals surface area contributed by atoms with Gasteiger partial charge in [0.25, 0.3) is 0 Å². The molecule has 0 bridgehead atoms. The van der Waals surface area contributed by atoms with Gasteiger partial charge in [-0.25, -0.2) is 4.52 Å². The fraction of sp³-hybridized carbons (Fsp3) is 0.0909. The van der Waals surface area contributed by atoms with Gasteiger partial charge in [-0.15, -0.1) is 6.58 Å². The van der Waals surface area contributed by atoms with Crippen LogP contribution in [0.5, 0.6) is 0 Å². The lowest BCUT2D eigenvalue weighted by Gasteiger charge is -2.03. The van der Waals surface area contributed by atoms with Crippen molar-refractivity contribution in [2.75, 3.05) is 0 Å². The molecule has 4 aromatic rings. The fourth-order valence-corrected chi connectivity index (χ4v) is 3.70. The van der Waals surface area contributed by atoms with E-state index in [4.69, 9.17) is 23.2 Å². The molecule has 0 saturated carbocycles. The Morgan fingerprint density at radius 3 is 2.61 bits per heavy atom. The zero-order valence-electron chi connectivity index (χ0n) is 15.2. The standard InChI is InChI=1S/C22H17Cl2N3O/c1-3-12-26-18-6-4-5-7-19(18)27-22(26)21(14(2)25-27)20(28)11-9-15-8-10-16(23)17(24)13-15/h3-11,13H,1,12H2,2H3. The van der Waals surface area contributed by atoms with Gasteiger partial charge in [-0.3, -0.25) is 4.79 Å². The molecule has 0 radical (unpaired) electrons. The van der Waals surface area contributed by atoms with Gasteiger partial charge in [0.2, 0.25) is 0 Å². The van der Waals surface area contributed by atoms with E-state index in [1.54, 1.807) is 24.3 Å². The number of imidazole rings is 1. The molecule has 0 fully saturated rings. The largest absolute Gasteiger partial charge is 0.320 e. The Bertz CT molecular complexity index is 1260. The normalized spacial score (nSPS) is 11.7. The Labute approximate surface area is 172 Å². The van der Waals surface area contributed by atoms with Gasteiger partial charge in [-0.1, -0.05) is 53.6 Å². The highest BCUT2D eigenvalue weighted by Crippen LogP contribution is 2.27. The predicted octanol–water partition coefficient (Wildman–Crippen LogP) is 5.99. The van der Waals surface area contributed by atoms with Gasteiger partial charge in [0, 0.05) is 6.54 Å². The van der Waals surface area contributed by atoms with Crippen LogP contribution in [0.3, 0.4) is 0 Å². The van der Waals surface area contributed by atoms with Crippen molar-refractivity contribution >= 4 is 51.7 Å². The van der Waals surface area contributed by atoms with Crippen LogP contribution >= 0.6 is 23.2 Å². The van der Waals surface area contributed by atoms with Crippen molar-refractivity contribution in [1.29, 1.82) is 0 Å². The molecule has 0 amide bonds. The Balaban J connectivity index is 1.84. The van der Waals surface area contributed by atoms with Crippen LogP contribution in [0.2, 0.25) is 10.0 Å². The minimum absolute atomic E-state index is 0.119. The van der Waals surface area contributed by atoms with E-state index in [0.717, 1.165) is 22.2 Å². The van der Waals surface area contributed by atoms with E-state index in [9.17, 15) is 4.79 Å². The molecule has 0 N–H and O–H groups in total. The van der Waals surface area contributed by atoms with Crippen LogP contribution in [0.15, 0.2) is 61.2 Å². The maximum Gasteiger partial charge on any atom is 0.191 e. The minimum atomic E-state index is -0.119. The van der Waals surface area contributed by atoms with Gasteiger partial charge < -0.3 is 4.57 Å². The third-order valence-corrected chi connectivity index (χ3v) is 5.36. The summed E-state index contributed by atoms with van der Waals surface area (Å²) < 4.78 is 3.89. The van der Waals surface area contributed by atoms with Crippen LogP contribution in [0, 0.1) is 6.92 Å². The lowest BCUT2D eigenvalue weighted by atomic mass is 10.1. The molecule has 0 unspecified atom stereocenters. The van der Waals surface area contributed by atoms with Crippen molar-refractivity contribution < 1.29 is 4.79 Å². The molecule has 6 heteroatoms. The molecule has 0 aliphatic carbocycles. The second-order valence-corrected chi connectivity index (χ2v) is 7.27. The van der Waals surface area contributed by atoms with Gasteiger partial charge in [-0.2, -0.15) is 5.10 Å². The van der Waals surface area contributed by atoms with E-state index < -0.39 is 0 Å². The number of carbonyl (C=O) groups is 1. The number of benzene rings is 2. The van der Waals surface area contributed by atoms with Crippen LogP contribution in [-0.4, -0.2) is 20.0 Å². The van der Waals surface area contributed by atoms with Gasteiger partial charge in [-0.05, 0) is 42.8 Å². The Hall–Kier alpha value is -2.82. The molecule has 4 nitrogen and oxygen atoms in total. The maximum absolute atomic E-state index is 13.1. The molecule has 0 saturated heterocycles. The van der Waals surface area contributed by atoms with Gasteiger partial charge in [0.05, 0.1) is 32.3 Å². The average molecular weight is 410 g/mol. The van der Waals surface area contributed by atoms with E-state index in [1.165, 1.54) is 0 Å².